The second-order valence-corrected chi connectivity index (χ2v) is 16.4. The van der Waals surface area contributed by atoms with Crippen molar-refractivity contribution in [3.05, 3.63) is 191 Å². The van der Waals surface area contributed by atoms with E-state index >= 15 is 0 Å². The van der Waals surface area contributed by atoms with Gasteiger partial charge in [0.05, 0.1) is 22.1 Å². The number of hydrogen-bond donors (Lipinski definition) is 0. The van der Waals surface area contributed by atoms with Gasteiger partial charge in [-0.25, -0.2) is 0 Å². The molecule has 3 aromatic heterocycles. The average molecular weight is 727 g/mol. The fourth-order valence-electron chi connectivity index (χ4n) is 10.6. The first kappa shape index (κ1) is 31.0. The molecule has 3 nitrogen and oxygen atoms in total. The predicted octanol–water partition coefficient (Wildman–Crippen LogP) is 13.6. The molecule has 266 valence electrons. The van der Waals surface area contributed by atoms with Crippen molar-refractivity contribution in [2.75, 3.05) is 0 Å². The average Bonchev–Trinajstić information content (AvgIpc) is 3.85. The third kappa shape index (κ3) is 3.93. The molecule has 12 aromatic rings. The van der Waals surface area contributed by atoms with Crippen LogP contribution >= 0.6 is 0 Å². The number of hydrogen-bond acceptors (Lipinski definition) is 1. The topological polar surface area (TPSA) is 26.4 Å². The van der Waals surface area contributed by atoms with Crippen molar-refractivity contribution in [2.45, 2.75) is 19.3 Å². The molecule has 1 aliphatic carbocycles. The number of nitrogens with zero attached hydrogens (tertiary/aromatic N) is 2. The lowest BCUT2D eigenvalue weighted by molar-refractivity contribution is 0.661. The summed E-state index contributed by atoms with van der Waals surface area (Å²) in [6.07, 6.45) is 0. The minimum Gasteiger partial charge on any atom is -0.309 e. The molecule has 0 saturated heterocycles. The minimum atomic E-state index is -0.0601. The van der Waals surface area contributed by atoms with Crippen LogP contribution in [0.2, 0.25) is 0 Å². The van der Waals surface area contributed by atoms with E-state index in [1.807, 2.05) is 28.7 Å². The minimum absolute atomic E-state index is 0.0306. The molecule has 0 aliphatic heterocycles. The number of pyridine rings is 1. The van der Waals surface area contributed by atoms with E-state index in [1.54, 1.807) is 0 Å². The Bertz CT molecular complexity index is 3800. The van der Waals surface area contributed by atoms with E-state index in [1.165, 1.54) is 65.6 Å². The Kier molecular flexibility index (Phi) is 5.85. The van der Waals surface area contributed by atoms with Gasteiger partial charge in [0.15, 0.2) is 0 Å². The molecular formula is C54H34N2O. The summed E-state index contributed by atoms with van der Waals surface area (Å²) in [6.45, 7) is 4.71. The van der Waals surface area contributed by atoms with Crippen LogP contribution in [0.4, 0.5) is 0 Å². The van der Waals surface area contributed by atoms with Crippen LogP contribution in [-0.2, 0) is 5.41 Å². The van der Waals surface area contributed by atoms with Gasteiger partial charge in [-0.15, -0.1) is 0 Å². The van der Waals surface area contributed by atoms with E-state index in [0.717, 1.165) is 54.8 Å². The molecule has 13 rings (SSSR count). The van der Waals surface area contributed by atoms with Gasteiger partial charge in [0.2, 0.25) is 0 Å². The first-order chi connectivity index (χ1) is 28.0. The maximum absolute atomic E-state index is 14.1. The summed E-state index contributed by atoms with van der Waals surface area (Å²) in [5.41, 5.74) is 13.2. The van der Waals surface area contributed by atoms with Gasteiger partial charge in [-0.1, -0.05) is 135 Å². The predicted molar refractivity (Wildman–Crippen MR) is 240 cm³/mol. The summed E-state index contributed by atoms with van der Waals surface area (Å²) < 4.78 is 4.39. The van der Waals surface area contributed by atoms with E-state index in [4.69, 9.17) is 0 Å². The molecule has 3 heterocycles. The highest BCUT2D eigenvalue weighted by atomic mass is 16.1. The number of rotatable bonds is 2. The maximum atomic E-state index is 14.1. The quantitative estimate of drug-likeness (QED) is 0.163. The SMILES string of the molecule is CC1(C)c2ccccc2-c2cc3c(cc21)c1ccccc1n3-c1ccc2c(ccc3ccc(-c4ccc5c6ccccc6c(=O)n6c7ccccc7c4c56)cc32)c1. The van der Waals surface area contributed by atoms with E-state index < -0.39 is 0 Å². The molecule has 0 spiro atoms. The van der Waals surface area contributed by atoms with Gasteiger partial charge < -0.3 is 4.57 Å². The van der Waals surface area contributed by atoms with Gasteiger partial charge in [0.25, 0.3) is 5.56 Å². The molecule has 0 amide bonds. The summed E-state index contributed by atoms with van der Waals surface area (Å²) in [4.78, 5) is 14.1. The third-order valence-electron chi connectivity index (χ3n) is 13.2. The van der Waals surface area contributed by atoms with Crippen LogP contribution in [0.3, 0.4) is 0 Å². The van der Waals surface area contributed by atoms with Crippen LogP contribution in [0, 0.1) is 0 Å². The highest BCUT2D eigenvalue weighted by Crippen LogP contribution is 2.51. The van der Waals surface area contributed by atoms with E-state index in [0.29, 0.717) is 0 Å². The fraction of sp³-hybridized carbons (Fsp3) is 0.0556. The van der Waals surface area contributed by atoms with E-state index in [2.05, 4.69) is 164 Å². The molecule has 0 bridgehead atoms. The van der Waals surface area contributed by atoms with Crippen molar-refractivity contribution in [2.24, 2.45) is 0 Å². The highest BCUT2D eigenvalue weighted by molar-refractivity contribution is 6.25. The van der Waals surface area contributed by atoms with Crippen molar-refractivity contribution in [1.29, 1.82) is 0 Å². The highest BCUT2D eigenvalue weighted by Gasteiger charge is 2.36. The molecule has 1 aliphatic rings. The maximum Gasteiger partial charge on any atom is 0.263 e. The first-order valence-electron chi connectivity index (χ1n) is 19.8. The zero-order chi connectivity index (χ0) is 37.7. The molecule has 0 fully saturated rings. The van der Waals surface area contributed by atoms with Crippen molar-refractivity contribution < 1.29 is 0 Å². The molecule has 0 radical (unpaired) electrons. The standard InChI is InChI=1S/C54H34N2O/c1-54(2)46-16-8-5-12-38(46)44-30-50-45(29-47(44)54)39-13-6-9-17-48(39)55(50)34-23-24-35-32(27-34)21-19-31-20-22-33(28-43(31)35)36-25-26-40-37-11-3-4-14-41(37)53(57)56-49-18-10-7-15-42(49)51(36)52(40)56/h3-30H,1-2H3. The van der Waals surface area contributed by atoms with E-state index in [-0.39, 0.29) is 11.0 Å². The molecule has 0 saturated carbocycles. The lowest BCUT2D eigenvalue weighted by Gasteiger charge is -2.21. The Balaban J connectivity index is 1.03. The van der Waals surface area contributed by atoms with Crippen LogP contribution in [0.25, 0.3) is 109 Å². The van der Waals surface area contributed by atoms with E-state index in [9.17, 15) is 4.79 Å². The Morgan fingerprint density at radius 1 is 0.421 bits per heavy atom. The van der Waals surface area contributed by atoms with Crippen LogP contribution in [0.1, 0.15) is 25.0 Å². The number of benzene rings is 9. The monoisotopic (exact) mass is 726 g/mol. The van der Waals surface area contributed by atoms with Gasteiger partial charge in [-0.2, -0.15) is 0 Å². The lowest BCUT2D eigenvalue weighted by atomic mass is 9.82. The summed E-state index contributed by atoms with van der Waals surface area (Å²) in [7, 11) is 0. The molecule has 0 unspecified atom stereocenters. The Morgan fingerprint density at radius 2 is 1.12 bits per heavy atom. The van der Waals surface area contributed by atoms with Gasteiger partial charge in [0, 0.05) is 43.4 Å². The van der Waals surface area contributed by atoms with Crippen LogP contribution in [0.5, 0.6) is 0 Å². The first-order valence-corrected chi connectivity index (χ1v) is 19.8. The third-order valence-corrected chi connectivity index (χ3v) is 13.2. The molecule has 0 N–H and O–H groups in total. The molecule has 3 heteroatoms. The van der Waals surface area contributed by atoms with Gasteiger partial charge in [-0.05, 0) is 109 Å². The normalized spacial score (nSPS) is 13.6. The Labute approximate surface area is 327 Å². The summed E-state index contributed by atoms with van der Waals surface area (Å²) in [6, 6.07) is 61.7. The van der Waals surface area contributed by atoms with Crippen LogP contribution in [-0.4, -0.2) is 8.97 Å². The van der Waals surface area contributed by atoms with Crippen molar-refractivity contribution in [3.8, 4) is 27.9 Å². The molecular weight excluding hydrogens is 693 g/mol. The van der Waals surface area contributed by atoms with Crippen molar-refractivity contribution in [3.63, 3.8) is 0 Å². The number of aromatic nitrogens is 2. The van der Waals surface area contributed by atoms with Gasteiger partial charge in [0.1, 0.15) is 0 Å². The summed E-state index contributed by atoms with van der Waals surface area (Å²) in [5.74, 6) is 0. The summed E-state index contributed by atoms with van der Waals surface area (Å²) in [5, 5.41) is 12.5. The van der Waals surface area contributed by atoms with Crippen molar-refractivity contribution in [1.82, 2.24) is 8.97 Å². The smallest absolute Gasteiger partial charge is 0.263 e. The van der Waals surface area contributed by atoms with Gasteiger partial charge in [-0.3, -0.25) is 9.20 Å². The lowest BCUT2D eigenvalue weighted by Crippen LogP contribution is -2.14. The second-order valence-electron chi connectivity index (χ2n) is 16.4. The zero-order valence-corrected chi connectivity index (χ0v) is 31.5. The largest absolute Gasteiger partial charge is 0.309 e. The molecule has 57 heavy (non-hydrogen) atoms. The Hall–Kier alpha value is -7.23. The fourth-order valence-corrected chi connectivity index (χ4v) is 10.6. The van der Waals surface area contributed by atoms with Crippen LogP contribution in [0.15, 0.2) is 175 Å². The van der Waals surface area contributed by atoms with Crippen molar-refractivity contribution >= 4 is 81.3 Å². The number of para-hydroxylation sites is 2. The Morgan fingerprint density at radius 3 is 2.00 bits per heavy atom. The summed E-state index contributed by atoms with van der Waals surface area (Å²) >= 11 is 0. The zero-order valence-electron chi connectivity index (χ0n) is 31.5. The second kappa shape index (κ2) is 10.7. The van der Waals surface area contributed by atoms with Gasteiger partial charge >= 0.3 is 0 Å². The molecule has 9 aromatic carbocycles. The number of fused-ring (bicyclic) bond motifs is 14. The molecule has 0 atom stereocenters. The van der Waals surface area contributed by atoms with Crippen LogP contribution < -0.4 is 5.56 Å².